The second-order valence-corrected chi connectivity index (χ2v) is 9.79. The molecule has 2 aromatic carbocycles. The Morgan fingerprint density at radius 2 is 1.76 bits per heavy atom. The summed E-state index contributed by atoms with van der Waals surface area (Å²) in [7, 11) is 1.60. The van der Waals surface area contributed by atoms with Crippen molar-refractivity contribution in [2.75, 3.05) is 61.9 Å². The van der Waals surface area contributed by atoms with E-state index in [9.17, 15) is 9.59 Å². The van der Waals surface area contributed by atoms with Crippen molar-refractivity contribution < 1.29 is 14.3 Å². The Bertz CT molecular complexity index is 1310. The van der Waals surface area contributed by atoms with Gasteiger partial charge >= 0.3 is 0 Å². The van der Waals surface area contributed by atoms with Gasteiger partial charge in [0.1, 0.15) is 17.3 Å². The SMILES string of the molecule is COc1ccc(N2CCc3c(N)nn(C(=O)CCN4CCN(c5ccc(C)cc5C)CC4)c3C2=O)cc1. The molecule has 1 aromatic heterocycles. The Hall–Kier alpha value is -3.85. The van der Waals surface area contributed by atoms with E-state index in [1.54, 1.807) is 12.0 Å². The fourth-order valence-corrected chi connectivity index (χ4v) is 5.31. The van der Waals surface area contributed by atoms with E-state index in [-0.39, 0.29) is 29.7 Å². The molecule has 194 valence electrons. The lowest BCUT2D eigenvalue weighted by Gasteiger charge is -2.36. The van der Waals surface area contributed by atoms with Gasteiger partial charge in [-0.15, -0.1) is 5.10 Å². The lowest BCUT2D eigenvalue weighted by atomic mass is 10.0. The Morgan fingerprint density at radius 1 is 1.03 bits per heavy atom. The summed E-state index contributed by atoms with van der Waals surface area (Å²) >= 11 is 0. The highest BCUT2D eigenvalue weighted by atomic mass is 16.5. The van der Waals surface area contributed by atoms with Crippen LogP contribution in [0.15, 0.2) is 42.5 Å². The van der Waals surface area contributed by atoms with Gasteiger partial charge in [-0.25, -0.2) is 0 Å². The molecule has 1 saturated heterocycles. The largest absolute Gasteiger partial charge is 0.497 e. The molecule has 0 spiro atoms. The minimum Gasteiger partial charge on any atom is -0.497 e. The van der Waals surface area contributed by atoms with Crippen LogP contribution in [0.1, 0.15) is 38.4 Å². The molecule has 0 aliphatic carbocycles. The second kappa shape index (κ2) is 10.3. The van der Waals surface area contributed by atoms with Crippen molar-refractivity contribution in [2.45, 2.75) is 26.7 Å². The third-order valence-electron chi connectivity index (χ3n) is 7.38. The highest BCUT2D eigenvalue weighted by Gasteiger charge is 2.34. The molecular formula is C28H34N6O3. The number of nitrogen functional groups attached to an aromatic ring is 1. The molecule has 0 radical (unpaired) electrons. The van der Waals surface area contributed by atoms with Crippen molar-refractivity contribution in [1.82, 2.24) is 14.7 Å². The number of methoxy groups -OCH3 is 1. The summed E-state index contributed by atoms with van der Waals surface area (Å²) in [6.07, 6.45) is 0.819. The lowest BCUT2D eigenvalue weighted by molar-refractivity contribution is 0.0840. The molecule has 5 rings (SSSR count). The highest BCUT2D eigenvalue weighted by Crippen LogP contribution is 2.29. The molecule has 0 atom stereocenters. The maximum atomic E-state index is 13.4. The smallest absolute Gasteiger partial charge is 0.277 e. The number of hydrogen-bond acceptors (Lipinski definition) is 7. The van der Waals surface area contributed by atoms with Crippen molar-refractivity contribution in [2.24, 2.45) is 0 Å². The van der Waals surface area contributed by atoms with Crippen molar-refractivity contribution >= 4 is 29.0 Å². The molecule has 1 fully saturated rings. The molecule has 3 heterocycles. The number of carbonyl (C=O) groups is 2. The number of aryl methyl sites for hydroxylation is 2. The van der Waals surface area contributed by atoms with Crippen LogP contribution in [0.5, 0.6) is 5.75 Å². The van der Waals surface area contributed by atoms with Gasteiger partial charge in [-0.3, -0.25) is 14.5 Å². The summed E-state index contributed by atoms with van der Waals surface area (Å²) in [5, 5.41) is 4.28. The summed E-state index contributed by atoms with van der Waals surface area (Å²) < 4.78 is 6.45. The number of rotatable bonds is 6. The number of amides is 1. The van der Waals surface area contributed by atoms with E-state index in [0.717, 1.165) is 31.9 Å². The predicted molar refractivity (Wildman–Crippen MR) is 145 cm³/mol. The number of piperazine rings is 1. The summed E-state index contributed by atoms with van der Waals surface area (Å²) in [5.41, 5.74) is 11.7. The van der Waals surface area contributed by atoms with Crippen LogP contribution >= 0.6 is 0 Å². The average molecular weight is 503 g/mol. The van der Waals surface area contributed by atoms with Gasteiger partial charge in [0, 0.05) is 62.6 Å². The first kappa shape index (κ1) is 24.8. The zero-order chi connectivity index (χ0) is 26.1. The standard InChI is InChI=1S/C28H34N6O3/c1-19-4-9-24(20(2)18-19)32-16-14-31(15-17-32)12-11-25(35)34-26-23(27(29)30-34)10-13-33(28(26)36)21-5-7-22(37-3)8-6-21/h4-9,18H,10-17H2,1-3H3,(H2,29,30). The minimum absolute atomic E-state index is 0.213. The van der Waals surface area contributed by atoms with Crippen molar-refractivity contribution in [3.05, 3.63) is 64.8 Å². The zero-order valence-corrected chi connectivity index (χ0v) is 21.7. The molecule has 3 aromatic rings. The van der Waals surface area contributed by atoms with Gasteiger partial charge in [-0.1, -0.05) is 17.7 Å². The van der Waals surface area contributed by atoms with Crippen LogP contribution in [0.3, 0.4) is 0 Å². The molecule has 0 unspecified atom stereocenters. The number of benzene rings is 2. The van der Waals surface area contributed by atoms with E-state index >= 15 is 0 Å². The molecule has 0 saturated carbocycles. The van der Waals surface area contributed by atoms with E-state index < -0.39 is 0 Å². The van der Waals surface area contributed by atoms with Crippen LogP contribution in [-0.4, -0.2) is 72.9 Å². The monoisotopic (exact) mass is 502 g/mol. The Kier molecular flexibility index (Phi) is 6.88. The van der Waals surface area contributed by atoms with Crippen LogP contribution in [0, 0.1) is 13.8 Å². The Morgan fingerprint density at radius 3 is 2.43 bits per heavy atom. The van der Waals surface area contributed by atoms with Crippen molar-refractivity contribution in [1.29, 1.82) is 0 Å². The summed E-state index contributed by atoms with van der Waals surface area (Å²) in [6, 6.07) is 13.9. The fraction of sp³-hybridized carbons (Fsp3) is 0.393. The Labute approximate surface area is 217 Å². The van der Waals surface area contributed by atoms with Crippen molar-refractivity contribution in [3.63, 3.8) is 0 Å². The first-order chi connectivity index (χ1) is 17.9. The van der Waals surface area contributed by atoms with Crippen molar-refractivity contribution in [3.8, 4) is 5.75 Å². The van der Waals surface area contributed by atoms with Crippen LogP contribution < -0.4 is 20.3 Å². The third-order valence-corrected chi connectivity index (χ3v) is 7.38. The molecule has 2 aliphatic rings. The van der Waals surface area contributed by atoms with E-state index in [0.29, 0.717) is 30.8 Å². The normalized spacial score (nSPS) is 16.1. The first-order valence-corrected chi connectivity index (χ1v) is 12.8. The number of nitrogens with two attached hydrogens (primary N) is 1. The molecule has 37 heavy (non-hydrogen) atoms. The molecule has 1 amide bonds. The number of nitrogens with zero attached hydrogens (tertiary/aromatic N) is 5. The van der Waals surface area contributed by atoms with Crippen LogP contribution in [0.25, 0.3) is 0 Å². The molecule has 9 heteroatoms. The van der Waals surface area contributed by atoms with E-state index in [1.165, 1.54) is 21.5 Å². The van der Waals surface area contributed by atoms with Gasteiger partial charge in [0.2, 0.25) is 5.91 Å². The first-order valence-electron chi connectivity index (χ1n) is 12.8. The minimum atomic E-state index is -0.258. The zero-order valence-electron chi connectivity index (χ0n) is 21.7. The maximum absolute atomic E-state index is 13.4. The van der Waals surface area contributed by atoms with Crippen LogP contribution in [0.4, 0.5) is 17.2 Å². The summed E-state index contributed by atoms with van der Waals surface area (Å²) in [6.45, 7) is 8.95. The molecule has 2 N–H and O–H groups in total. The Balaban J connectivity index is 1.23. The van der Waals surface area contributed by atoms with E-state index in [2.05, 4.69) is 46.9 Å². The molecule has 2 aliphatic heterocycles. The maximum Gasteiger partial charge on any atom is 0.277 e. The van der Waals surface area contributed by atoms with Gasteiger partial charge in [0.25, 0.3) is 5.91 Å². The average Bonchev–Trinajstić information content (AvgIpc) is 3.25. The van der Waals surface area contributed by atoms with Gasteiger partial charge in [0.05, 0.1) is 7.11 Å². The van der Waals surface area contributed by atoms with Gasteiger partial charge in [-0.2, -0.15) is 4.68 Å². The molecule has 0 bridgehead atoms. The van der Waals surface area contributed by atoms with Gasteiger partial charge in [0.15, 0.2) is 0 Å². The van der Waals surface area contributed by atoms with Crippen LogP contribution in [-0.2, 0) is 6.42 Å². The number of anilines is 3. The highest BCUT2D eigenvalue weighted by molar-refractivity contribution is 6.09. The summed E-state index contributed by atoms with van der Waals surface area (Å²) in [5.74, 6) is 0.502. The summed E-state index contributed by atoms with van der Waals surface area (Å²) in [4.78, 5) is 33.0. The van der Waals surface area contributed by atoms with Gasteiger partial charge in [-0.05, 0) is 56.2 Å². The number of hydrogen-bond donors (Lipinski definition) is 1. The lowest BCUT2D eigenvalue weighted by Crippen LogP contribution is -2.47. The van der Waals surface area contributed by atoms with E-state index in [1.807, 2.05) is 24.3 Å². The molecule has 9 nitrogen and oxygen atoms in total. The quantitative estimate of drug-likeness (QED) is 0.553. The second-order valence-electron chi connectivity index (χ2n) is 9.79. The number of aromatic nitrogens is 2. The fourth-order valence-electron chi connectivity index (χ4n) is 5.31. The number of ether oxygens (including phenoxy) is 1. The van der Waals surface area contributed by atoms with E-state index in [4.69, 9.17) is 10.5 Å². The van der Waals surface area contributed by atoms with Gasteiger partial charge < -0.3 is 20.3 Å². The van der Waals surface area contributed by atoms with Crippen LogP contribution in [0.2, 0.25) is 0 Å². The predicted octanol–water partition coefficient (Wildman–Crippen LogP) is 3.15. The topological polar surface area (TPSA) is 96.9 Å². The molecular weight excluding hydrogens is 468 g/mol. The number of fused-ring (bicyclic) bond motifs is 1. The number of carbonyl (C=O) groups excluding carboxylic acids is 2. The third kappa shape index (κ3) is 4.91.